The van der Waals surface area contributed by atoms with Gasteiger partial charge in [-0.15, -0.1) is 11.3 Å². The number of methoxy groups -OCH3 is 1. The van der Waals surface area contributed by atoms with E-state index in [2.05, 4.69) is 4.98 Å². The number of thiazole rings is 1. The van der Waals surface area contributed by atoms with Gasteiger partial charge in [0, 0.05) is 5.02 Å². The number of halogens is 1. The molecule has 0 aliphatic carbocycles. The van der Waals surface area contributed by atoms with E-state index in [0.717, 1.165) is 11.3 Å². The Labute approximate surface area is 190 Å². The summed E-state index contributed by atoms with van der Waals surface area (Å²) in [6, 6.07) is 9.06. The third kappa shape index (κ3) is 3.65. The van der Waals surface area contributed by atoms with Gasteiger partial charge in [0.15, 0.2) is 10.9 Å². The molecule has 2 aromatic heterocycles. The van der Waals surface area contributed by atoms with Crippen LogP contribution < -0.4 is 4.90 Å². The smallest absolute Gasteiger partial charge is 0.350 e. The first-order valence-corrected chi connectivity index (χ1v) is 11.1. The standard InChI is InChI=1S/C21H15ClN2O5S2/c1-10-18(20(28)29-2)31-21(23-10)24-15(11-5-3-6-12(22)9-11)14(17(26)19(24)27)16(25)13-7-4-8-30-13/h3-9,15,26H,1-2H3. The van der Waals surface area contributed by atoms with Gasteiger partial charge in [-0.1, -0.05) is 41.1 Å². The van der Waals surface area contributed by atoms with Crippen molar-refractivity contribution in [2.75, 3.05) is 12.0 Å². The molecule has 3 aromatic rings. The highest BCUT2D eigenvalue weighted by atomic mass is 35.5. The molecule has 1 atom stereocenters. The van der Waals surface area contributed by atoms with Gasteiger partial charge in [-0.05, 0) is 36.1 Å². The fourth-order valence-corrected chi connectivity index (χ4v) is 5.22. The number of hydrogen-bond acceptors (Lipinski definition) is 8. The number of aliphatic hydroxyl groups is 1. The summed E-state index contributed by atoms with van der Waals surface area (Å²) >= 11 is 8.32. The molecule has 1 unspecified atom stereocenters. The monoisotopic (exact) mass is 474 g/mol. The summed E-state index contributed by atoms with van der Waals surface area (Å²) in [4.78, 5) is 44.5. The van der Waals surface area contributed by atoms with E-state index in [0.29, 0.717) is 21.2 Å². The van der Waals surface area contributed by atoms with Gasteiger partial charge in [0.05, 0.1) is 29.3 Å². The number of carbonyl (C=O) groups is 3. The van der Waals surface area contributed by atoms with Crippen molar-refractivity contribution in [3.63, 3.8) is 0 Å². The van der Waals surface area contributed by atoms with Crippen LogP contribution in [0.5, 0.6) is 0 Å². The van der Waals surface area contributed by atoms with E-state index in [9.17, 15) is 19.5 Å². The number of hydrogen-bond donors (Lipinski definition) is 1. The number of aromatic nitrogens is 1. The van der Waals surface area contributed by atoms with Gasteiger partial charge >= 0.3 is 5.97 Å². The van der Waals surface area contributed by atoms with E-state index < -0.39 is 29.5 Å². The van der Waals surface area contributed by atoms with Gasteiger partial charge in [0.1, 0.15) is 4.88 Å². The van der Waals surface area contributed by atoms with E-state index in [1.54, 1.807) is 48.7 Å². The normalized spacial score (nSPS) is 16.2. The number of amides is 1. The van der Waals surface area contributed by atoms with Crippen LogP contribution in [0.4, 0.5) is 5.13 Å². The number of esters is 1. The van der Waals surface area contributed by atoms with Crippen LogP contribution in [0.3, 0.4) is 0 Å². The van der Waals surface area contributed by atoms with Gasteiger partial charge in [-0.3, -0.25) is 14.5 Å². The molecule has 0 spiro atoms. The number of carbonyl (C=O) groups excluding carboxylic acids is 3. The van der Waals surface area contributed by atoms with Crippen molar-refractivity contribution in [2.45, 2.75) is 13.0 Å². The van der Waals surface area contributed by atoms with Crippen molar-refractivity contribution in [3.05, 3.63) is 79.1 Å². The third-order valence-electron chi connectivity index (χ3n) is 4.72. The van der Waals surface area contributed by atoms with Gasteiger partial charge < -0.3 is 9.84 Å². The SMILES string of the molecule is COC(=O)c1sc(N2C(=O)C(O)=C(C(=O)c3cccs3)C2c2cccc(Cl)c2)nc1C. The molecule has 0 fully saturated rings. The molecule has 0 bridgehead atoms. The Morgan fingerprint density at radius 1 is 1.26 bits per heavy atom. The van der Waals surface area contributed by atoms with E-state index in [1.807, 2.05) is 0 Å². The number of benzene rings is 1. The predicted molar refractivity (Wildman–Crippen MR) is 118 cm³/mol. The zero-order chi connectivity index (χ0) is 22.3. The molecule has 158 valence electrons. The van der Waals surface area contributed by atoms with E-state index in [1.165, 1.54) is 23.3 Å². The number of anilines is 1. The van der Waals surface area contributed by atoms with Crippen LogP contribution in [0.15, 0.2) is 53.1 Å². The van der Waals surface area contributed by atoms with Crippen molar-refractivity contribution in [1.82, 2.24) is 4.98 Å². The Morgan fingerprint density at radius 3 is 2.68 bits per heavy atom. The van der Waals surface area contributed by atoms with Crippen molar-refractivity contribution in [1.29, 1.82) is 0 Å². The lowest BCUT2D eigenvalue weighted by Crippen LogP contribution is -2.31. The van der Waals surface area contributed by atoms with Gasteiger partial charge in [0.25, 0.3) is 5.91 Å². The maximum absolute atomic E-state index is 13.2. The minimum absolute atomic E-state index is 0.0674. The Morgan fingerprint density at radius 2 is 2.03 bits per heavy atom. The molecule has 7 nitrogen and oxygen atoms in total. The second kappa shape index (κ2) is 8.26. The second-order valence-corrected chi connectivity index (χ2v) is 8.97. The number of Topliss-reactive ketones (excluding diaryl/α,β-unsaturated/α-hetero) is 1. The molecule has 4 rings (SSSR count). The number of ketones is 1. The fourth-order valence-electron chi connectivity index (χ4n) is 3.33. The average molecular weight is 475 g/mol. The van der Waals surface area contributed by atoms with Gasteiger partial charge in [-0.25, -0.2) is 9.78 Å². The molecule has 1 amide bonds. The highest BCUT2D eigenvalue weighted by Gasteiger charge is 2.46. The van der Waals surface area contributed by atoms with Crippen molar-refractivity contribution >= 4 is 57.1 Å². The predicted octanol–water partition coefficient (Wildman–Crippen LogP) is 4.74. The zero-order valence-electron chi connectivity index (χ0n) is 16.3. The van der Waals surface area contributed by atoms with Crippen LogP contribution in [-0.2, 0) is 9.53 Å². The third-order valence-corrected chi connectivity index (χ3v) is 6.96. The number of ether oxygens (including phenoxy) is 1. The Kier molecular flexibility index (Phi) is 5.65. The van der Waals surface area contributed by atoms with Crippen LogP contribution in [0.25, 0.3) is 0 Å². The summed E-state index contributed by atoms with van der Waals surface area (Å²) in [6.07, 6.45) is 0. The Bertz CT molecular complexity index is 1230. The van der Waals surface area contributed by atoms with E-state index in [4.69, 9.17) is 16.3 Å². The van der Waals surface area contributed by atoms with Crippen LogP contribution in [0.1, 0.15) is 36.6 Å². The number of aryl methyl sites for hydroxylation is 1. The van der Waals surface area contributed by atoms with Crippen LogP contribution in [0, 0.1) is 6.92 Å². The molecule has 3 heterocycles. The van der Waals surface area contributed by atoms with Gasteiger partial charge in [0.2, 0.25) is 5.78 Å². The largest absolute Gasteiger partial charge is 0.503 e. The van der Waals surface area contributed by atoms with E-state index in [-0.39, 0.29) is 15.6 Å². The average Bonchev–Trinajstić information content (AvgIpc) is 3.47. The zero-order valence-corrected chi connectivity index (χ0v) is 18.7. The maximum atomic E-state index is 13.2. The lowest BCUT2D eigenvalue weighted by molar-refractivity contribution is -0.117. The molecule has 1 N–H and O–H groups in total. The minimum Gasteiger partial charge on any atom is -0.503 e. The minimum atomic E-state index is -0.961. The highest BCUT2D eigenvalue weighted by molar-refractivity contribution is 7.17. The highest BCUT2D eigenvalue weighted by Crippen LogP contribution is 2.44. The molecule has 1 aliphatic rings. The summed E-state index contributed by atoms with van der Waals surface area (Å²) in [6.45, 7) is 1.62. The fraction of sp³-hybridized carbons (Fsp3) is 0.143. The number of nitrogens with zero attached hydrogens (tertiary/aromatic N) is 2. The molecular formula is C21H15ClN2O5S2. The van der Waals surface area contributed by atoms with Crippen LogP contribution in [0.2, 0.25) is 5.02 Å². The molecule has 0 saturated carbocycles. The summed E-state index contributed by atoms with van der Waals surface area (Å²) < 4.78 is 4.77. The number of rotatable bonds is 5. The molecule has 1 aliphatic heterocycles. The van der Waals surface area contributed by atoms with Crippen LogP contribution in [-0.4, -0.2) is 34.9 Å². The molecular weight excluding hydrogens is 460 g/mol. The lowest BCUT2D eigenvalue weighted by Gasteiger charge is -2.24. The summed E-state index contributed by atoms with van der Waals surface area (Å²) in [5.41, 5.74) is 0.835. The quantitative estimate of drug-likeness (QED) is 0.424. The molecule has 0 radical (unpaired) electrons. The molecule has 0 saturated heterocycles. The first-order valence-electron chi connectivity index (χ1n) is 8.99. The Balaban J connectivity index is 1.88. The molecule has 10 heteroatoms. The van der Waals surface area contributed by atoms with Crippen molar-refractivity contribution in [2.24, 2.45) is 0 Å². The van der Waals surface area contributed by atoms with Crippen molar-refractivity contribution < 1.29 is 24.2 Å². The second-order valence-electron chi connectivity index (χ2n) is 6.60. The summed E-state index contributed by atoms with van der Waals surface area (Å²) in [5.74, 6) is -2.49. The molecule has 31 heavy (non-hydrogen) atoms. The summed E-state index contributed by atoms with van der Waals surface area (Å²) in [7, 11) is 1.25. The number of thiophene rings is 1. The van der Waals surface area contributed by atoms with Crippen molar-refractivity contribution in [3.8, 4) is 0 Å². The molecule has 1 aromatic carbocycles. The van der Waals surface area contributed by atoms with E-state index >= 15 is 0 Å². The first-order chi connectivity index (χ1) is 14.8. The first kappa shape index (κ1) is 21.2. The van der Waals surface area contributed by atoms with Crippen LogP contribution >= 0.6 is 34.3 Å². The Hall–Kier alpha value is -3.01. The topological polar surface area (TPSA) is 96.8 Å². The maximum Gasteiger partial charge on any atom is 0.350 e. The lowest BCUT2D eigenvalue weighted by atomic mass is 9.95. The van der Waals surface area contributed by atoms with Gasteiger partial charge in [-0.2, -0.15) is 0 Å². The summed E-state index contributed by atoms with van der Waals surface area (Å²) in [5, 5.41) is 13.0. The number of aliphatic hydroxyl groups excluding tert-OH is 1.